The molecule has 11 nitrogen and oxygen atoms in total. The highest BCUT2D eigenvalue weighted by Crippen LogP contribution is 2.54. The van der Waals surface area contributed by atoms with Crippen LogP contribution >= 0.6 is 31.9 Å². The van der Waals surface area contributed by atoms with Gasteiger partial charge in [-0.25, -0.2) is 33.1 Å². The number of benzene rings is 4. The maximum absolute atomic E-state index is 15.1. The zero-order valence-electron chi connectivity index (χ0n) is 28.5. The summed E-state index contributed by atoms with van der Waals surface area (Å²) in [5.74, 6) is 0.170. The summed E-state index contributed by atoms with van der Waals surface area (Å²) >= 11 is 6.76. The van der Waals surface area contributed by atoms with Crippen LogP contribution in [0.15, 0.2) is 98.3 Å². The Morgan fingerprint density at radius 3 is 1.87 bits per heavy atom. The standard InChI is InChI=1S/C23H20F2N4O3.C15H9Br2FN2O2/c1-22(2,25)10-30-15-6-17-20(18(24)7-15)32-19-4-3-13(14-8-27-12-28-9-14)5-16(19)23(17)11-31-21(26)29-23;16-7-1-2-12-9(3-7)15(6-21-14(19)20-15)10-4-8(17)5-11(18)13(10)22-12/h3-9,12H,10-11H2,1-2H3,(H2,26,29);1-5H,6H2,(H2,19,20)/t23-;15-/m00/s1. The lowest BCUT2D eigenvalue weighted by molar-refractivity contribution is 0.120. The normalized spacial score (nSPS) is 20.1. The average Bonchev–Trinajstić information content (AvgIpc) is 3.72. The maximum atomic E-state index is 15.1. The molecule has 0 bridgehead atoms. The number of halogens is 5. The fourth-order valence-electron chi connectivity index (χ4n) is 6.70. The van der Waals surface area contributed by atoms with Gasteiger partial charge in [-0.3, -0.25) is 0 Å². The smallest absolute Gasteiger partial charge is 0.283 e. The molecule has 16 heteroatoms. The number of aromatic nitrogens is 2. The van der Waals surface area contributed by atoms with Crippen molar-refractivity contribution in [1.29, 1.82) is 0 Å². The highest BCUT2D eigenvalue weighted by Gasteiger charge is 2.49. The molecule has 5 heterocycles. The van der Waals surface area contributed by atoms with Crippen LogP contribution in [0.1, 0.15) is 36.1 Å². The van der Waals surface area contributed by atoms with Crippen LogP contribution < -0.4 is 25.7 Å². The van der Waals surface area contributed by atoms with E-state index < -0.39 is 28.4 Å². The molecule has 4 aromatic carbocycles. The van der Waals surface area contributed by atoms with Gasteiger partial charge in [-0.15, -0.1) is 0 Å². The molecular weight excluding hydrogens is 837 g/mol. The van der Waals surface area contributed by atoms with E-state index in [2.05, 4.69) is 51.8 Å². The second-order valence-corrected chi connectivity index (χ2v) is 15.3. The zero-order chi connectivity index (χ0) is 38.0. The molecule has 0 saturated heterocycles. The minimum absolute atomic E-state index is 0.00204. The molecule has 0 saturated carbocycles. The van der Waals surface area contributed by atoms with Crippen LogP contribution in [0.4, 0.5) is 13.2 Å². The number of ether oxygens (including phenoxy) is 5. The Morgan fingerprint density at radius 2 is 1.28 bits per heavy atom. The summed E-state index contributed by atoms with van der Waals surface area (Å²) in [5, 5.41) is 0. The first kappa shape index (κ1) is 35.7. The highest BCUT2D eigenvalue weighted by atomic mass is 79.9. The van der Waals surface area contributed by atoms with Crippen molar-refractivity contribution in [1.82, 2.24) is 9.97 Å². The molecule has 54 heavy (non-hydrogen) atoms. The quantitative estimate of drug-likeness (QED) is 0.183. The number of rotatable bonds is 4. The number of alkyl halides is 1. The molecule has 2 atom stereocenters. The second kappa shape index (κ2) is 13.2. The van der Waals surface area contributed by atoms with Crippen molar-refractivity contribution in [2.75, 3.05) is 19.8 Å². The number of nitrogens with zero attached hydrogens (tertiary/aromatic N) is 4. The fraction of sp³-hybridized carbons (Fsp3) is 0.211. The summed E-state index contributed by atoms with van der Waals surface area (Å²) in [6.45, 7) is 2.78. The first-order valence-corrected chi connectivity index (χ1v) is 18.0. The number of nitrogens with two attached hydrogens (primary N) is 2. The van der Waals surface area contributed by atoms with Gasteiger partial charge in [-0.1, -0.05) is 37.9 Å². The van der Waals surface area contributed by atoms with Gasteiger partial charge in [0.25, 0.3) is 12.0 Å². The molecule has 4 aliphatic rings. The van der Waals surface area contributed by atoms with Gasteiger partial charge in [-0.2, -0.15) is 0 Å². The van der Waals surface area contributed by atoms with Crippen LogP contribution in [-0.4, -0.2) is 47.5 Å². The van der Waals surface area contributed by atoms with Crippen LogP contribution in [0.5, 0.6) is 28.7 Å². The summed E-state index contributed by atoms with van der Waals surface area (Å²) in [6, 6.07) is 16.9. The zero-order valence-corrected chi connectivity index (χ0v) is 31.7. The molecule has 0 radical (unpaired) electrons. The third-order valence-corrected chi connectivity index (χ3v) is 10.0. The van der Waals surface area contributed by atoms with E-state index in [1.165, 1.54) is 32.3 Å². The van der Waals surface area contributed by atoms with Gasteiger partial charge in [0, 0.05) is 55.2 Å². The minimum Gasteiger partial charge on any atom is -0.490 e. The Hall–Kier alpha value is -5.35. The Labute approximate surface area is 323 Å². The minimum atomic E-state index is -1.58. The van der Waals surface area contributed by atoms with E-state index in [-0.39, 0.29) is 49.1 Å². The van der Waals surface area contributed by atoms with E-state index in [4.69, 9.17) is 35.2 Å². The van der Waals surface area contributed by atoms with Crippen LogP contribution in [0, 0.1) is 11.6 Å². The third-order valence-electron chi connectivity index (χ3n) is 9.09. The first-order valence-electron chi connectivity index (χ1n) is 16.4. The Bertz CT molecular complexity index is 2400. The van der Waals surface area contributed by atoms with E-state index in [1.54, 1.807) is 36.7 Å². The molecule has 0 fully saturated rings. The van der Waals surface area contributed by atoms with Gasteiger partial charge in [0.05, 0.1) is 0 Å². The fourth-order valence-corrected chi connectivity index (χ4v) is 7.49. The predicted octanol–water partition coefficient (Wildman–Crippen LogP) is 8.15. The molecule has 0 unspecified atom stereocenters. The van der Waals surface area contributed by atoms with Gasteiger partial charge < -0.3 is 35.2 Å². The topological polar surface area (TPSA) is 149 Å². The molecule has 0 aliphatic carbocycles. The molecule has 5 aromatic rings. The number of hydrogen-bond donors (Lipinski definition) is 2. The number of amidine groups is 2. The van der Waals surface area contributed by atoms with Crippen LogP contribution in [-0.2, 0) is 20.6 Å². The average molecular weight is 866 g/mol. The first-order chi connectivity index (χ1) is 25.7. The number of aliphatic imine (C=N–C) groups is 2. The lowest BCUT2D eigenvalue weighted by atomic mass is 9.80. The molecule has 0 amide bonds. The van der Waals surface area contributed by atoms with Crippen molar-refractivity contribution in [3.05, 3.63) is 122 Å². The van der Waals surface area contributed by atoms with Crippen LogP contribution in [0.3, 0.4) is 0 Å². The van der Waals surface area contributed by atoms with E-state index in [1.807, 2.05) is 24.3 Å². The SMILES string of the molecule is CC(C)(F)COc1cc(F)c2c(c1)[C@]1(COC(N)=N1)c1cc(-c3cncnc3)ccc1O2.NC1=N[C@@]2(CO1)c1cc(Br)ccc1Oc1c(F)cc(Br)cc12. The summed E-state index contributed by atoms with van der Waals surface area (Å²) in [4.78, 5) is 17.1. The van der Waals surface area contributed by atoms with Crippen molar-refractivity contribution < 1.29 is 36.9 Å². The largest absolute Gasteiger partial charge is 0.490 e. The third kappa shape index (κ3) is 6.26. The molecule has 1 aromatic heterocycles. The lowest BCUT2D eigenvalue weighted by Crippen LogP contribution is -2.31. The van der Waals surface area contributed by atoms with Crippen molar-refractivity contribution in [3.8, 4) is 39.9 Å². The van der Waals surface area contributed by atoms with Crippen molar-refractivity contribution in [2.45, 2.75) is 30.6 Å². The number of fused-ring (bicyclic) bond motifs is 8. The highest BCUT2D eigenvalue weighted by molar-refractivity contribution is 9.10. The van der Waals surface area contributed by atoms with Crippen molar-refractivity contribution >= 4 is 43.9 Å². The van der Waals surface area contributed by atoms with E-state index in [9.17, 15) is 8.78 Å². The second-order valence-electron chi connectivity index (χ2n) is 13.4. The maximum Gasteiger partial charge on any atom is 0.283 e. The van der Waals surface area contributed by atoms with E-state index >= 15 is 4.39 Å². The van der Waals surface area contributed by atoms with Gasteiger partial charge in [0.2, 0.25) is 0 Å². The summed E-state index contributed by atoms with van der Waals surface area (Å²) < 4.78 is 73.0. The molecule has 4 N–H and O–H groups in total. The van der Waals surface area contributed by atoms with E-state index in [0.717, 1.165) is 21.2 Å². The summed E-state index contributed by atoms with van der Waals surface area (Å²) in [7, 11) is 0. The van der Waals surface area contributed by atoms with Gasteiger partial charge in [-0.05, 0) is 67.9 Å². The van der Waals surface area contributed by atoms with Crippen LogP contribution in [0.25, 0.3) is 11.1 Å². The Kier molecular flexibility index (Phi) is 8.72. The molecule has 2 spiro atoms. The monoisotopic (exact) mass is 864 g/mol. The molecular formula is C38H29Br2F3N6O5. The van der Waals surface area contributed by atoms with Crippen molar-refractivity contribution in [3.63, 3.8) is 0 Å². The lowest BCUT2D eigenvalue weighted by Gasteiger charge is -2.34. The summed E-state index contributed by atoms with van der Waals surface area (Å²) in [5.41, 5.74) is 12.0. The number of hydrogen-bond acceptors (Lipinski definition) is 11. The van der Waals surface area contributed by atoms with Crippen LogP contribution in [0.2, 0.25) is 0 Å². The Morgan fingerprint density at radius 1 is 0.722 bits per heavy atom. The van der Waals surface area contributed by atoms with Gasteiger partial charge in [0.1, 0.15) is 49.1 Å². The van der Waals surface area contributed by atoms with Gasteiger partial charge >= 0.3 is 0 Å². The molecule has 4 aliphatic heterocycles. The van der Waals surface area contributed by atoms with E-state index in [0.29, 0.717) is 32.7 Å². The summed E-state index contributed by atoms with van der Waals surface area (Å²) in [6.07, 6.45) is 4.82. The molecule has 276 valence electrons. The predicted molar refractivity (Wildman–Crippen MR) is 200 cm³/mol. The van der Waals surface area contributed by atoms with Crippen molar-refractivity contribution in [2.24, 2.45) is 21.5 Å². The molecule has 9 rings (SSSR count). The Balaban J connectivity index is 0.000000164. The van der Waals surface area contributed by atoms with Gasteiger partial charge in [0.15, 0.2) is 34.2 Å².